The summed E-state index contributed by atoms with van der Waals surface area (Å²) in [5, 5.41) is 10.2. The average Bonchev–Trinajstić information content (AvgIpc) is 3.12. The minimum Gasteiger partial charge on any atom is -0.379 e. The number of rotatable bonds is 6. The highest BCUT2D eigenvalue weighted by Crippen LogP contribution is 2.49. The summed E-state index contributed by atoms with van der Waals surface area (Å²) in [6, 6.07) is 17.0. The number of hydrogen-bond acceptors (Lipinski definition) is 7. The highest BCUT2D eigenvalue weighted by molar-refractivity contribution is 6.01. The number of imide groups is 1. The molecule has 3 aliphatic heterocycles. The Morgan fingerprint density at radius 1 is 0.840 bits per heavy atom. The smallest absolute Gasteiger partial charge is 0.271 e. The molecule has 2 N–H and O–H groups in total. The second-order valence-electron chi connectivity index (χ2n) is 15.5. The molecule has 1 aromatic heterocycles. The van der Waals surface area contributed by atoms with Crippen LogP contribution in [-0.2, 0) is 16.6 Å². The minimum absolute atomic E-state index is 0.0834. The van der Waals surface area contributed by atoms with Gasteiger partial charge in [-0.25, -0.2) is 4.68 Å². The number of benzene rings is 2. The number of piperidine rings is 3. The van der Waals surface area contributed by atoms with Gasteiger partial charge in [0.2, 0.25) is 11.8 Å². The molecule has 3 saturated heterocycles. The van der Waals surface area contributed by atoms with Crippen molar-refractivity contribution in [3.8, 4) is 0 Å². The molecule has 3 atom stereocenters. The van der Waals surface area contributed by atoms with Crippen molar-refractivity contribution < 1.29 is 14.4 Å². The van der Waals surface area contributed by atoms with E-state index in [2.05, 4.69) is 69.0 Å². The summed E-state index contributed by atoms with van der Waals surface area (Å²) >= 11 is 0. The number of likely N-dealkylation sites (N-methyl/N-ethyl adjacent to an activating group) is 1. The number of carbonyl (C=O) groups is 3. The van der Waals surface area contributed by atoms with Crippen LogP contribution in [0.5, 0.6) is 0 Å². The molecule has 4 aliphatic rings. The number of likely N-dealkylation sites (tertiary alicyclic amines) is 2. The molecular weight excluding hydrogens is 628 g/mol. The molecule has 4 fully saturated rings. The highest BCUT2D eigenvalue weighted by Gasteiger charge is 2.39. The molecule has 264 valence electrons. The van der Waals surface area contributed by atoms with Crippen molar-refractivity contribution in [2.75, 3.05) is 38.5 Å². The van der Waals surface area contributed by atoms with Crippen LogP contribution in [0.4, 0.5) is 5.69 Å². The van der Waals surface area contributed by atoms with Crippen LogP contribution in [-0.4, -0.2) is 76.6 Å². The van der Waals surface area contributed by atoms with E-state index >= 15 is 0 Å². The van der Waals surface area contributed by atoms with Crippen LogP contribution >= 0.6 is 0 Å². The maximum atomic E-state index is 13.6. The predicted molar refractivity (Wildman–Crippen MR) is 193 cm³/mol. The highest BCUT2D eigenvalue weighted by atomic mass is 16.2. The number of nitrogens with zero attached hydrogens (tertiary/aromatic N) is 4. The van der Waals surface area contributed by atoms with Gasteiger partial charge in [0.15, 0.2) is 0 Å². The van der Waals surface area contributed by atoms with Crippen LogP contribution < -0.4 is 16.2 Å². The number of carbonyl (C=O) groups excluding carboxylic acids is 3. The summed E-state index contributed by atoms with van der Waals surface area (Å²) in [5.41, 5.74) is 6.04. The van der Waals surface area contributed by atoms with Gasteiger partial charge < -0.3 is 15.1 Å². The van der Waals surface area contributed by atoms with Crippen LogP contribution in [0.2, 0.25) is 0 Å². The van der Waals surface area contributed by atoms with E-state index in [4.69, 9.17) is 0 Å². The largest absolute Gasteiger partial charge is 0.379 e. The van der Waals surface area contributed by atoms with Crippen molar-refractivity contribution in [3.63, 3.8) is 0 Å². The van der Waals surface area contributed by atoms with Gasteiger partial charge in [-0.2, -0.15) is 5.10 Å². The Labute approximate surface area is 294 Å². The molecule has 10 nitrogen and oxygen atoms in total. The van der Waals surface area contributed by atoms with Crippen LogP contribution in [0, 0.1) is 12.3 Å². The first-order valence-corrected chi connectivity index (χ1v) is 18.4. The summed E-state index contributed by atoms with van der Waals surface area (Å²) < 4.78 is 1.36. The van der Waals surface area contributed by atoms with Crippen LogP contribution in [0.1, 0.15) is 108 Å². The fourth-order valence-electron chi connectivity index (χ4n) is 9.02. The monoisotopic (exact) mass is 678 g/mol. The van der Waals surface area contributed by atoms with Gasteiger partial charge in [0.25, 0.3) is 11.5 Å². The lowest BCUT2D eigenvalue weighted by atomic mass is 9.64. The molecule has 10 heteroatoms. The molecular formula is C40H50N6O4. The molecule has 7 rings (SSSR count). The number of anilines is 1. The third-order valence-corrected chi connectivity index (χ3v) is 12.2. The number of nitrogens with one attached hydrogen (secondary N) is 2. The van der Waals surface area contributed by atoms with E-state index in [9.17, 15) is 19.2 Å². The second kappa shape index (κ2) is 14.1. The van der Waals surface area contributed by atoms with Crippen molar-refractivity contribution in [2.45, 2.75) is 88.5 Å². The number of amides is 3. The van der Waals surface area contributed by atoms with E-state index < -0.39 is 0 Å². The molecule has 1 aliphatic carbocycles. The summed E-state index contributed by atoms with van der Waals surface area (Å²) in [6.07, 6.45) is 10.5. The zero-order valence-corrected chi connectivity index (χ0v) is 29.6. The Hall–Kier alpha value is -4.31. The van der Waals surface area contributed by atoms with Gasteiger partial charge in [-0.05, 0) is 111 Å². The van der Waals surface area contributed by atoms with Gasteiger partial charge in [-0.1, -0.05) is 36.4 Å². The molecule has 1 saturated carbocycles. The lowest BCUT2D eigenvalue weighted by Crippen LogP contribution is -2.44. The molecule has 3 amide bonds. The summed E-state index contributed by atoms with van der Waals surface area (Å²) in [7, 11) is 3.80. The van der Waals surface area contributed by atoms with E-state index in [1.54, 1.807) is 13.2 Å². The van der Waals surface area contributed by atoms with Crippen molar-refractivity contribution in [3.05, 3.63) is 92.9 Å². The quantitative estimate of drug-likeness (QED) is 0.349. The first-order chi connectivity index (χ1) is 24.1. The van der Waals surface area contributed by atoms with E-state index in [-0.39, 0.29) is 35.2 Å². The zero-order valence-electron chi connectivity index (χ0n) is 29.6. The first-order valence-electron chi connectivity index (χ1n) is 18.4. The Morgan fingerprint density at radius 3 is 2.16 bits per heavy atom. The lowest BCUT2D eigenvalue weighted by molar-refractivity contribution is -0.134. The fourth-order valence-corrected chi connectivity index (χ4v) is 9.02. The zero-order chi connectivity index (χ0) is 35.0. The van der Waals surface area contributed by atoms with E-state index in [0.29, 0.717) is 35.7 Å². The van der Waals surface area contributed by atoms with Gasteiger partial charge in [0.05, 0.1) is 17.8 Å². The topological polar surface area (TPSA) is 117 Å². The SMILES string of the molecule is Cc1c(N[C@H]2C[C@@H](c3ccc(C(=O)N4CCC5(CCC(c6ccc(C7CCC(=O)NC7=O)cc6)CC5)CC4)cc3)CN(C)C2)cnn(C)c1=O. The molecule has 2 aromatic carbocycles. The van der Waals surface area contributed by atoms with E-state index in [1.165, 1.54) is 28.7 Å². The number of aromatic nitrogens is 2. The molecule has 1 unspecified atom stereocenters. The third kappa shape index (κ3) is 7.13. The predicted octanol–water partition coefficient (Wildman–Crippen LogP) is 5.09. The Kier molecular flexibility index (Phi) is 9.65. The van der Waals surface area contributed by atoms with Gasteiger partial charge in [-0.3, -0.25) is 24.5 Å². The van der Waals surface area contributed by atoms with Gasteiger partial charge in [-0.15, -0.1) is 0 Å². The summed E-state index contributed by atoms with van der Waals surface area (Å²) in [6.45, 7) is 5.29. The molecule has 0 bridgehead atoms. The van der Waals surface area contributed by atoms with Gasteiger partial charge in [0, 0.05) is 56.8 Å². The molecule has 4 heterocycles. The molecule has 0 radical (unpaired) electrons. The van der Waals surface area contributed by atoms with Crippen LogP contribution in [0.3, 0.4) is 0 Å². The van der Waals surface area contributed by atoms with Crippen molar-refractivity contribution in [2.24, 2.45) is 12.5 Å². The summed E-state index contributed by atoms with van der Waals surface area (Å²) in [4.78, 5) is 54.2. The van der Waals surface area contributed by atoms with E-state index in [1.807, 2.05) is 19.1 Å². The Bertz CT molecular complexity index is 1780. The molecule has 3 aromatic rings. The molecule has 50 heavy (non-hydrogen) atoms. The third-order valence-electron chi connectivity index (χ3n) is 12.2. The van der Waals surface area contributed by atoms with Gasteiger partial charge in [0.1, 0.15) is 0 Å². The first kappa shape index (κ1) is 34.2. The number of hydrogen-bond donors (Lipinski definition) is 2. The fraction of sp³-hybridized carbons (Fsp3) is 0.525. The van der Waals surface area contributed by atoms with E-state index in [0.717, 1.165) is 75.1 Å². The van der Waals surface area contributed by atoms with Crippen LogP contribution in [0.15, 0.2) is 59.5 Å². The normalized spacial score (nSPS) is 24.6. The molecule has 1 spiro atoms. The standard InChI is InChI=1S/C40H50N6O4/c1-26-35(23-41-45(3)38(26)49)42-33-22-32(24-44(2)25-33)28-6-10-31(11-7-28)39(50)46-20-18-40(19-21-46)16-14-29(15-17-40)27-4-8-30(9-5-27)34-12-13-36(47)43-37(34)48/h4-11,23,29,32-34,42H,12-22,24-25H2,1-3H3,(H,43,47,48)/t32-,33+,34?/m1/s1. The van der Waals surface area contributed by atoms with Crippen molar-refractivity contribution in [1.29, 1.82) is 0 Å². The second-order valence-corrected chi connectivity index (χ2v) is 15.5. The lowest BCUT2D eigenvalue weighted by Gasteiger charge is -2.46. The maximum absolute atomic E-state index is 13.6. The van der Waals surface area contributed by atoms with Crippen LogP contribution in [0.25, 0.3) is 0 Å². The number of aryl methyl sites for hydroxylation is 1. The van der Waals surface area contributed by atoms with Crippen molar-refractivity contribution in [1.82, 2.24) is 24.9 Å². The maximum Gasteiger partial charge on any atom is 0.271 e. The average molecular weight is 679 g/mol. The Balaban J connectivity index is 0.901. The minimum atomic E-state index is -0.237. The Morgan fingerprint density at radius 2 is 1.48 bits per heavy atom. The van der Waals surface area contributed by atoms with Gasteiger partial charge >= 0.3 is 0 Å². The van der Waals surface area contributed by atoms with Crippen molar-refractivity contribution >= 4 is 23.4 Å². The summed E-state index contributed by atoms with van der Waals surface area (Å²) in [5.74, 6) is 0.382.